The van der Waals surface area contributed by atoms with E-state index in [2.05, 4.69) is 17.5 Å². The summed E-state index contributed by atoms with van der Waals surface area (Å²) in [5.41, 5.74) is 0. The van der Waals surface area contributed by atoms with Crippen LogP contribution in [0.2, 0.25) is 0 Å². The molecule has 2 heteroatoms. The summed E-state index contributed by atoms with van der Waals surface area (Å²) in [7, 11) is 0. The zero-order valence-electron chi connectivity index (χ0n) is 5.58. The number of allylic oxidation sites excluding steroid dienone is 1. The zero-order chi connectivity index (χ0) is 6.72. The number of hydrogen-bond acceptors (Lipinski definition) is 1. The number of amides is 1. The quantitative estimate of drug-likeness (QED) is 0.376. The van der Waals surface area contributed by atoms with E-state index in [1.807, 2.05) is 0 Å². The van der Waals surface area contributed by atoms with Crippen molar-refractivity contribution in [1.29, 1.82) is 0 Å². The van der Waals surface area contributed by atoms with Crippen molar-refractivity contribution in [2.75, 3.05) is 0 Å². The third-order valence-electron chi connectivity index (χ3n) is 3.07. The van der Waals surface area contributed by atoms with E-state index < -0.39 is 0 Å². The molecule has 1 saturated carbocycles. The van der Waals surface area contributed by atoms with E-state index >= 15 is 0 Å². The fourth-order valence-corrected chi connectivity index (χ4v) is 2.54. The first-order chi connectivity index (χ1) is 4.86. The molecule has 1 saturated heterocycles. The summed E-state index contributed by atoms with van der Waals surface area (Å²) >= 11 is 0. The molecule has 2 bridgehead atoms. The van der Waals surface area contributed by atoms with E-state index in [0.717, 1.165) is 0 Å². The van der Waals surface area contributed by atoms with Crippen LogP contribution in [0.3, 0.4) is 0 Å². The maximum Gasteiger partial charge on any atom is 0.226 e. The first kappa shape index (κ1) is 4.94. The van der Waals surface area contributed by atoms with Crippen molar-refractivity contribution >= 4 is 5.91 Å². The van der Waals surface area contributed by atoms with E-state index in [-0.39, 0.29) is 5.91 Å². The van der Waals surface area contributed by atoms with Crippen LogP contribution in [0.1, 0.15) is 6.42 Å². The second-order valence-electron chi connectivity index (χ2n) is 3.51. The maximum absolute atomic E-state index is 11.0. The van der Waals surface area contributed by atoms with Crippen LogP contribution in [-0.2, 0) is 4.79 Å². The highest BCUT2D eigenvalue weighted by Crippen LogP contribution is 2.47. The average Bonchev–Trinajstić information content (AvgIpc) is 2.40. The second kappa shape index (κ2) is 1.29. The van der Waals surface area contributed by atoms with Gasteiger partial charge in [0.05, 0.1) is 5.92 Å². The molecule has 10 heavy (non-hydrogen) atoms. The van der Waals surface area contributed by atoms with Gasteiger partial charge in [-0.3, -0.25) is 4.79 Å². The Balaban J connectivity index is 2.03. The molecule has 0 spiro atoms. The van der Waals surface area contributed by atoms with Crippen molar-refractivity contribution in [3.8, 4) is 0 Å². The monoisotopic (exact) mass is 135 g/mol. The Kier molecular flexibility index (Phi) is 0.636. The molecule has 1 heterocycles. The Bertz CT molecular complexity index is 233. The lowest BCUT2D eigenvalue weighted by atomic mass is 9.82. The van der Waals surface area contributed by atoms with Crippen molar-refractivity contribution in [2.24, 2.45) is 17.8 Å². The van der Waals surface area contributed by atoms with Gasteiger partial charge in [-0.25, -0.2) is 0 Å². The Morgan fingerprint density at radius 1 is 1.40 bits per heavy atom. The molecule has 2 fully saturated rings. The van der Waals surface area contributed by atoms with E-state index in [9.17, 15) is 4.79 Å². The van der Waals surface area contributed by atoms with E-state index in [1.165, 1.54) is 6.42 Å². The number of hydrogen-bond donors (Lipinski definition) is 1. The standard InChI is InChI=1S/C8H9NO/c10-8-6-4-1-2-5(3-4)7(6)9-8/h1-2,4-7H,3H2,(H,9,10)/t4-,5+,6+,7-/m0/s1. The summed E-state index contributed by atoms with van der Waals surface area (Å²) in [6, 6.07) is 0.516. The van der Waals surface area contributed by atoms with Crippen LogP contribution in [0.15, 0.2) is 12.2 Å². The molecule has 0 aromatic heterocycles. The summed E-state index contributed by atoms with van der Waals surface area (Å²) in [6.07, 6.45) is 5.68. The Morgan fingerprint density at radius 2 is 2.20 bits per heavy atom. The lowest BCUT2D eigenvalue weighted by molar-refractivity contribution is -0.135. The first-order valence-electron chi connectivity index (χ1n) is 3.85. The lowest BCUT2D eigenvalue weighted by Crippen LogP contribution is -2.59. The van der Waals surface area contributed by atoms with Gasteiger partial charge in [0.1, 0.15) is 0 Å². The summed E-state index contributed by atoms with van der Waals surface area (Å²) in [5, 5.41) is 2.95. The largest absolute Gasteiger partial charge is 0.352 e. The minimum atomic E-state index is 0.279. The molecule has 2 aliphatic carbocycles. The number of β-lactam (4-membered cyclic amide) rings is 1. The molecular formula is C8H9NO. The Hall–Kier alpha value is -0.790. The van der Waals surface area contributed by atoms with Crippen LogP contribution in [0.5, 0.6) is 0 Å². The number of nitrogens with one attached hydrogen (secondary N) is 1. The SMILES string of the molecule is O=C1N[C@@H]2[C@H]1[C@H]1C=C[C@@H]2C1. The molecule has 0 aromatic carbocycles. The molecule has 0 aromatic rings. The molecule has 2 nitrogen and oxygen atoms in total. The van der Waals surface area contributed by atoms with Gasteiger partial charge in [0, 0.05) is 6.04 Å². The van der Waals surface area contributed by atoms with Gasteiger partial charge in [0.2, 0.25) is 5.91 Å². The van der Waals surface area contributed by atoms with Crippen LogP contribution in [0.4, 0.5) is 0 Å². The van der Waals surface area contributed by atoms with Crippen molar-refractivity contribution < 1.29 is 4.79 Å². The summed E-state index contributed by atoms with van der Waals surface area (Å²) < 4.78 is 0. The fraction of sp³-hybridized carbons (Fsp3) is 0.625. The van der Waals surface area contributed by atoms with E-state index in [4.69, 9.17) is 0 Å². The highest BCUT2D eigenvalue weighted by Gasteiger charge is 2.54. The highest BCUT2D eigenvalue weighted by molar-refractivity contribution is 5.87. The average molecular weight is 135 g/mol. The van der Waals surface area contributed by atoms with Gasteiger partial charge in [-0.2, -0.15) is 0 Å². The van der Waals surface area contributed by atoms with Gasteiger partial charge >= 0.3 is 0 Å². The molecular weight excluding hydrogens is 126 g/mol. The van der Waals surface area contributed by atoms with Gasteiger partial charge in [-0.15, -0.1) is 0 Å². The summed E-state index contributed by atoms with van der Waals surface area (Å²) in [6.45, 7) is 0. The molecule has 52 valence electrons. The number of rotatable bonds is 0. The first-order valence-corrected chi connectivity index (χ1v) is 3.85. The Morgan fingerprint density at radius 3 is 2.80 bits per heavy atom. The van der Waals surface area contributed by atoms with E-state index in [0.29, 0.717) is 23.8 Å². The van der Waals surface area contributed by atoms with Crippen molar-refractivity contribution in [2.45, 2.75) is 12.5 Å². The van der Waals surface area contributed by atoms with Crippen LogP contribution in [0.25, 0.3) is 0 Å². The molecule has 3 aliphatic rings. The van der Waals surface area contributed by atoms with Crippen LogP contribution >= 0.6 is 0 Å². The van der Waals surface area contributed by atoms with Gasteiger partial charge < -0.3 is 5.32 Å². The minimum absolute atomic E-state index is 0.279. The van der Waals surface area contributed by atoms with E-state index in [1.54, 1.807) is 0 Å². The van der Waals surface area contributed by atoms with Crippen LogP contribution in [-0.4, -0.2) is 11.9 Å². The molecule has 1 N–H and O–H groups in total. The fourth-order valence-electron chi connectivity index (χ4n) is 2.54. The number of fused-ring (bicyclic) bond motifs is 5. The predicted octanol–water partition coefficient (Wildman–Crippen LogP) is 0.307. The van der Waals surface area contributed by atoms with Crippen molar-refractivity contribution in [3.05, 3.63) is 12.2 Å². The zero-order valence-corrected chi connectivity index (χ0v) is 5.58. The number of carbonyl (C=O) groups excluding carboxylic acids is 1. The third-order valence-corrected chi connectivity index (χ3v) is 3.07. The molecule has 0 unspecified atom stereocenters. The molecule has 4 atom stereocenters. The van der Waals surface area contributed by atoms with Crippen LogP contribution in [0, 0.1) is 17.8 Å². The maximum atomic E-state index is 11.0. The van der Waals surface area contributed by atoms with Gasteiger partial charge in [0.15, 0.2) is 0 Å². The topological polar surface area (TPSA) is 29.1 Å². The predicted molar refractivity (Wildman–Crippen MR) is 36.2 cm³/mol. The molecule has 0 radical (unpaired) electrons. The summed E-state index contributed by atoms with van der Waals surface area (Å²) in [5.74, 6) is 1.90. The highest BCUT2D eigenvalue weighted by atomic mass is 16.2. The lowest BCUT2D eigenvalue weighted by Gasteiger charge is -2.37. The molecule has 1 amide bonds. The van der Waals surface area contributed by atoms with Gasteiger partial charge in [0.25, 0.3) is 0 Å². The second-order valence-corrected chi connectivity index (χ2v) is 3.51. The number of carbonyl (C=O) groups is 1. The van der Waals surface area contributed by atoms with Gasteiger partial charge in [-0.05, 0) is 18.3 Å². The smallest absolute Gasteiger partial charge is 0.226 e. The third kappa shape index (κ3) is 0.349. The molecule has 1 aliphatic heterocycles. The molecule has 3 rings (SSSR count). The normalized spacial score (nSPS) is 54.2. The minimum Gasteiger partial charge on any atom is -0.352 e. The van der Waals surface area contributed by atoms with Crippen molar-refractivity contribution in [3.63, 3.8) is 0 Å². The van der Waals surface area contributed by atoms with Crippen molar-refractivity contribution in [1.82, 2.24) is 5.32 Å². The van der Waals surface area contributed by atoms with Gasteiger partial charge in [-0.1, -0.05) is 12.2 Å². The Labute approximate surface area is 59.3 Å². The van der Waals surface area contributed by atoms with Crippen LogP contribution < -0.4 is 5.32 Å². The summed E-state index contributed by atoms with van der Waals surface area (Å²) in [4.78, 5) is 11.0.